The second-order valence-corrected chi connectivity index (χ2v) is 27.9. The smallest absolute Gasteiger partial charge is 0.456 e. The average molecular weight is 1240 g/mol. The summed E-state index contributed by atoms with van der Waals surface area (Å²) in [4.78, 5) is 38.0. The summed E-state index contributed by atoms with van der Waals surface area (Å²) in [5.74, 6) is -0.497. The Labute approximate surface area is 540 Å². The van der Waals surface area contributed by atoms with Crippen LogP contribution in [0.25, 0.3) is 0 Å². The van der Waals surface area contributed by atoms with Gasteiger partial charge in [-0.2, -0.15) is 0 Å². The minimum absolute atomic E-state index is 0.0390. The van der Waals surface area contributed by atoms with E-state index < -0.39 is 20.0 Å². The monoisotopic (exact) mass is 1240 g/mol. The molecular weight excluding hydrogens is 1100 g/mol. The number of nitrogens with zero attached hydrogens (tertiary/aromatic N) is 1. The van der Waals surface area contributed by atoms with Crippen molar-refractivity contribution in [2.45, 2.75) is 367 Å². The number of quaternary nitrogens is 1. The molecule has 10 heteroatoms. The Hall–Kier alpha value is -2.55. The molecule has 0 spiro atoms. The summed E-state index contributed by atoms with van der Waals surface area (Å²) in [5.41, 5.74) is 0. The molecule has 3 unspecified atom stereocenters. The predicted octanol–water partition coefficient (Wildman–Crippen LogP) is 23.9. The van der Waals surface area contributed by atoms with Crippen LogP contribution in [0.15, 0.2) is 72.9 Å². The highest BCUT2D eigenvalue weighted by Gasteiger charge is 2.30. The van der Waals surface area contributed by atoms with Gasteiger partial charge in [-0.05, 0) is 102 Å². The van der Waals surface area contributed by atoms with Crippen LogP contribution in [0.4, 0.5) is 0 Å². The number of allylic oxidation sites excluding steroid dienone is 11. The summed E-state index contributed by atoms with van der Waals surface area (Å²) in [6.07, 6.45) is 87.7. The van der Waals surface area contributed by atoms with Crippen LogP contribution in [0.5, 0.6) is 0 Å². The highest BCUT2D eigenvalue weighted by Crippen LogP contribution is 2.43. The van der Waals surface area contributed by atoms with Crippen LogP contribution in [0.3, 0.4) is 0 Å². The molecule has 0 aromatic carbocycles. The maximum absolute atomic E-state index is 13.6. The van der Waals surface area contributed by atoms with Gasteiger partial charge in [0.1, 0.15) is 19.3 Å². The summed E-state index contributed by atoms with van der Waals surface area (Å²) in [5, 5.41) is 3.08. The molecule has 9 nitrogen and oxygen atoms in total. The van der Waals surface area contributed by atoms with Gasteiger partial charge in [0, 0.05) is 12.8 Å². The fraction of sp³-hybridized carbons (Fsp3) is 0.818. The van der Waals surface area contributed by atoms with Crippen molar-refractivity contribution in [1.29, 1.82) is 0 Å². The van der Waals surface area contributed by atoms with Crippen LogP contribution in [0.2, 0.25) is 0 Å². The molecule has 0 fully saturated rings. The quantitative estimate of drug-likeness (QED) is 0.0205. The van der Waals surface area contributed by atoms with E-state index in [1.54, 1.807) is 0 Å². The summed E-state index contributed by atoms with van der Waals surface area (Å²) >= 11 is 0. The SMILES string of the molecule is CCCCC/C=C\C/C=C\C/C=C\C/C=C\CCCCCCCCCCCCCC(=O)OC(/C=C\CCCCCCCCCCCCC)C(COP(=O)(O)OCC[N+](C)(C)C)NC(=O)CCCCCCCCCCCCC/C=C/CCCCCCCC. The molecule has 0 aliphatic rings. The molecule has 2 N–H and O–H groups in total. The molecule has 508 valence electrons. The van der Waals surface area contributed by atoms with Crippen LogP contribution in [0, 0.1) is 0 Å². The van der Waals surface area contributed by atoms with Gasteiger partial charge in [-0.1, -0.05) is 312 Å². The molecule has 0 aliphatic heterocycles. The topological polar surface area (TPSA) is 111 Å². The van der Waals surface area contributed by atoms with E-state index in [2.05, 4.69) is 86.8 Å². The van der Waals surface area contributed by atoms with Crippen molar-refractivity contribution in [1.82, 2.24) is 5.32 Å². The summed E-state index contributed by atoms with van der Waals surface area (Å²) < 4.78 is 30.9. The lowest BCUT2D eigenvalue weighted by Gasteiger charge is -2.27. The lowest BCUT2D eigenvalue weighted by atomic mass is 10.0. The third-order valence-electron chi connectivity index (χ3n) is 16.6. The first-order chi connectivity index (χ1) is 42.4. The van der Waals surface area contributed by atoms with Crippen molar-refractivity contribution in [2.75, 3.05) is 40.9 Å². The lowest BCUT2D eigenvalue weighted by molar-refractivity contribution is -0.870. The maximum Gasteiger partial charge on any atom is 0.472 e. The van der Waals surface area contributed by atoms with Gasteiger partial charge in [0.2, 0.25) is 5.91 Å². The second kappa shape index (κ2) is 66.4. The average Bonchev–Trinajstić information content (AvgIpc) is 3.70. The molecule has 0 bridgehead atoms. The zero-order valence-electron chi connectivity index (χ0n) is 58.3. The fourth-order valence-electron chi connectivity index (χ4n) is 10.9. The van der Waals surface area contributed by atoms with Gasteiger partial charge in [-0.15, -0.1) is 0 Å². The zero-order valence-corrected chi connectivity index (χ0v) is 59.2. The summed E-state index contributed by atoms with van der Waals surface area (Å²) in [6.45, 7) is 7.02. The number of amides is 1. The Kier molecular flexibility index (Phi) is 64.4. The van der Waals surface area contributed by atoms with Crippen LogP contribution in [-0.2, 0) is 27.9 Å². The van der Waals surface area contributed by atoms with Gasteiger partial charge >= 0.3 is 13.8 Å². The number of likely N-dealkylation sites (N-methyl/N-ethyl adjacent to an activating group) is 1. The van der Waals surface area contributed by atoms with Crippen molar-refractivity contribution < 1.29 is 37.3 Å². The number of hydrogen-bond donors (Lipinski definition) is 2. The minimum atomic E-state index is -4.46. The summed E-state index contributed by atoms with van der Waals surface area (Å²) in [7, 11) is 1.50. The number of unbranched alkanes of at least 4 members (excludes halogenated alkanes) is 42. The van der Waals surface area contributed by atoms with E-state index in [0.29, 0.717) is 17.4 Å². The first-order valence-electron chi connectivity index (χ1n) is 37.3. The van der Waals surface area contributed by atoms with Gasteiger partial charge < -0.3 is 19.4 Å². The molecule has 87 heavy (non-hydrogen) atoms. The highest BCUT2D eigenvalue weighted by molar-refractivity contribution is 7.47. The Morgan fingerprint density at radius 2 is 0.701 bits per heavy atom. The van der Waals surface area contributed by atoms with Crippen LogP contribution in [0.1, 0.15) is 355 Å². The Morgan fingerprint density at radius 3 is 1.08 bits per heavy atom. The van der Waals surface area contributed by atoms with E-state index >= 15 is 0 Å². The third kappa shape index (κ3) is 67.7. The Bertz CT molecular complexity index is 1720. The minimum Gasteiger partial charge on any atom is -0.456 e. The number of ether oxygens (including phenoxy) is 1. The number of phosphoric acid groups is 1. The number of rotatable bonds is 68. The lowest BCUT2D eigenvalue weighted by Crippen LogP contribution is -2.47. The van der Waals surface area contributed by atoms with Crippen LogP contribution in [-0.4, -0.2) is 74.3 Å². The van der Waals surface area contributed by atoms with E-state index in [1.807, 2.05) is 33.3 Å². The van der Waals surface area contributed by atoms with Crippen molar-refractivity contribution in [3.05, 3.63) is 72.9 Å². The zero-order chi connectivity index (χ0) is 63.5. The number of esters is 1. The van der Waals surface area contributed by atoms with Crippen molar-refractivity contribution in [3.63, 3.8) is 0 Å². The van der Waals surface area contributed by atoms with Crippen molar-refractivity contribution in [3.8, 4) is 0 Å². The van der Waals surface area contributed by atoms with E-state index in [4.69, 9.17) is 13.8 Å². The van der Waals surface area contributed by atoms with E-state index in [-0.39, 0.29) is 31.5 Å². The van der Waals surface area contributed by atoms with E-state index in [9.17, 15) is 19.0 Å². The molecule has 0 saturated heterocycles. The van der Waals surface area contributed by atoms with Crippen molar-refractivity contribution in [2.24, 2.45) is 0 Å². The number of hydrogen-bond acceptors (Lipinski definition) is 6. The number of nitrogens with one attached hydrogen (secondary N) is 1. The molecule has 0 rings (SSSR count). The van der Waals surface area contributed by atoms with Gasteiger partial charge in [0.05, 0.1) is 33.8 Å². The van der Waals surface area contributed by atoms with Crippen LogP contribution >= 0.6 is 7.82 Å². The molecule has 0 heterocycles. The largest absolute Gasteiger partial charge is 0.472 e. The number of carbonyl (C=O) groups is 2. The third-order valence-corrected chi connectivity index (χ3v) is 17.6. The standard InChI is InChI=1S/C77H143N2O7P/c1-7-10-13-16-19-22-25-28-30-32-34-36-37-38-39-40-41-43-45-47-49-52-55-58-61-64-67-70-77(81)86-75(68-65-62-59-56-53-50-27-24-21-18-15-12-9-3)74(73-85-87(82,83)84-72-71-79(4,5)6)78-76(80)69-66-63-60-57-54-51-48-46-44-42-35-33-31-29-26-23-20-17-14-11-8-2/h19,22,28-31,34,36,38-39,65,68,74-75H,7-18,20-21,23-27,32-33,35,37,40-64,66-67,69-73H2,1-6H3,(H-,78,80,82,83)/p+1/b22-19-,30-28-,31-29+,36-34-,39-38-,68-65-. The number of phosphoric ester groups is 1. The predicted molar refractivity (Wildman–Crippen MR) is 378 cm³/mol. The van der Waals surface area contributed by atoms with Crippen LogP contribution < -0.4 is 5.32 Å². The molecule has 3 atom stereocenters. The van der Waals surface area contributed by atoms with E-state index in [1.165, 1.54) is 244 Å². The normalized spacial score (nSPS) is 13.9. The van der Waals surface area contributed by atoms with Crippen molar-refractivity contribution >= 4 is 19.7 Å². The first-order valence-corrected chi connectivity index (χ1v) is 38.8. The molecule has 0 aromatic rings. The fourth-order valence-corrected chi connectivity index (χ4v) is 11.6. The molecule has 0 radical (unpaired) electrons. The summed E-state index contributed by atoms with van der Waals surface area (Å²) in [6, 6.07) is -0.853. The van der Waals surface area contributed by atoms with Gasteiger partial charge in [-0.25, -0.2) is 4.57 Å². The molecular formula is C77H144N2O7P+. The first kappa shape index (κ1) is 84.5. The second-order valence-electron chi connectivity index (χ2n) is 26.5. The molecule has 0 aliphatic carbocycles. The number of carbonyl (C=O) groups excluding carboxylic acids is 2. The van der Waals surface area contributed by atoms with Gasteiger partial charge in [0.25, 0.3) is 0 Å². The Balaban J connectivity index is 5.05. The Morgan fingerprint density at radius 1 is 0.402 bits per heavy atom. The molecule has 0 aromatic heterocycles. The maximum atomic E-state index is 13.6. The highest BCUT2D eigenvalue weighted by atomic mass is 31.2. The van der Waals surface area contributed by atoms with Gasteiger partial charge in [0.15, 0.2) is 0 Å². The van der Waals surface area contributed by atoms with Gasteiger partial charge in [-0.3, -0.25) is 18.6 Å². The van der Waals surface area contributed by atoms with E-state index in [0.717, 1.165) is 77.0 Å². The molecule has 1 amide bonds. The molecule has 0 saturated carbocycles.